The van der Waals surface area contributed by atoms with Crippen LogP contribution in [0, 0.1) is 17.8 Å². The fourth-order valence-corrected chi connectivity index (χ4v) is 3.79. The van der Waals surface area contributed by atoms with Gasteiger partial charge in [-0.25, -0.2) is 0 Å². The Labute approximate surface area is 120 Å². The van der Waals surface area contributed by atoms with Crippen molar-refractivity contribution in [1.29, 1.82) is 0 Å². The van der Waals surface area contributed by atoms with Gasteiger partial charge in [-0.15, -0.1) is 0 Å². The molecule has 4 heteroatoms. The lowest BCUT2D eigenvalue weighted by atomic mass is 9.89. The van der Waals surface area contributed by atoms with Crippen LogP contribution in [0.4, 0.5) is 0 Å². The van der Waals surface area contributed by atoms with E-state index in [2.05, 4.69) is 10.6 Å². The summed E-state index contributed by atoms with van der Waals surface area (Å²) in [7, 11) is 0. The van der Waals surface area contributed by atoms with Crippen LogP contribution in [0.1, 0.15) is 38.4 Å². The first-order valence-electron chi connectivity index (χ1n) is 7.76. The summed E-state index contributed by atoms with van der Waals surface area (Å²) in [5.41, 5.74) is 0. The summed E-state index contributed by atoms with van der Waals surface area (Å²) < 4.78 is 5.20. The molecule has 1 aromatic rings. The molecule has 2 N–H and O–H groups in total. The molecule has 0 aliphatic heterocycles. The van der Waals surface area contributed by atoms with E-state index in [1.54, 1.807) is 6.26 Å². The Kier molecular flexibility index (Phi) is 4.10. The first-order valence-corrected chi connectivity index (χ1v) is 7.76. The summed E-state index contributed by atoms with van der Waals surface area (Å²) >= 11 is 0. The molecule has 0 aromatic carbocycles. The molecule has 1 amide bonds. The molecule has 4 unspecified atom stereocenters. The topological polar surface area (TPSA) is 54.3 Å². The molecule has 0 saturated heterocycles. The van der Waals surface area contributed by atoms with Gasteiger partial charge in [0, 0.05) is 0 Å². The fraction of sp³-hybridized carbons (Fsp3) is 0.688. The molecule has 4 atom stereocenters. The second-order valence-electron chi connectivity index (χ2n) is 6.36. The highest BCUT2D eigenvalue weighted by Gasteiger charge is 2.39. The van der Waals surface area contributed by atoms with Crippen molar-refractivity contribution < 1.29 is 9.21 Å². The first-order chi connectivity index (χ1) is 9.72. The van der Waals surface area contributed by atoms with Crippen LogP contribution in [-0.4, -0.2) is 18.5 Å². The molecule has 2 fully saturated rings. The Morgan fingerprint density at radius 3 is 3.00 bits per heavy atom. The van der Waals surface area contributed by atoms with E-state index in [1.807, 2.05) is 19.1 Å². The van der Waals surface area contributed by atoms with E-state index in [4.69, 9.17) is 4.42 Å². The minimum absolute atomic E-state index is 0.0459. The van der Waals surface area contributed by atoms with Gasteiger partial charge < -0.3 is 15.1 Å². The molecule has 1 aromatic heterocycles. The molecule has 2 bridgehead atoms. The van der Waals surface area contributed by atoms with Crippen molar-refractivity contribution in [2.75, 3.05) is 6.54 Å². The number of carbonyl (C=O) groups excluding carboxylic acids is 1. The minimum atomic E-state index is -0.135. The maximum absolute atomic E-state index is 12.0. The highest BCUT2D eigenvalue weighted by atomic mass is 16.3. The van der Waals surface area contributed by atoms with Crippen molar-refractivity contribution in [1.82, 2.24) is 10.6 Å². The Morgan fingerprint density at radius 2 is 2.35 bits per heavy atom. The number of carbonyl (C=O) groups is 1. The Hall–Kier alpha value is -1.29. The highest BCUT2D eigenvalue weighted by Crippen LogP contribution is 2.47. The van der Waals surface area contributed by atoms with Crippen LogP contribution < -0.4 is 10.6 Å². The lowest BCUT2D eigenvalue weighted by Gasteiger charge is -2.23. The lowest BCUT2D eigenvalue weighted by molar-refractivity contribution is -0.123. The zero-order valence-corrected chi connectivity index (χ0v) is 12.1. The van der Waals surface area contributed by atoms with Gasteiger partial charge in [0.1, 0.15) is 5.76 Å². The monoisotopic (exact) mass is 276 g/mol. The van der Waals surface area contributed by atoms with E-state index < -0.39 is 0 Å². The van der Waals surface area contributed by atoms with Crippen LogP contribution >= 0.6 is 0 Å². The van der Waals surface area contributed by atoms with E-state index in [-0.39, 0.29) is 11.9 Å². The van der Waals surface area contributed by atoms with E-state index >= 15 is 0 Å². The van der Waals surface area contributed by atoms with Gasteiger partial charge in [0.05, 0.1) is 18.8 Å². The van der Waals surface area contributed by atoms with Crippen molar-refractivity contribution in [2.45, 2.75) is 45.2 Å². The number of hydrogen-bond acceptors (Lipinski definition) is 3. The third kappa shape index (κ3) is 3.06. The second kappa shape index (κ2) is 6.00. The normalized spacial score (nSPS) is 29.6. The van der Waals surface area contributed by atoms with Gasteiger partial charge in [0.15, 0.2) is 0 Å². The molecule has 2 aliphatic rings. The average Bonchev–Trinajstić information content (AvgIpc) is 3.18. The number of amides is 1. The van der Waals surface area contributed by atoms with Gasteiger partial charge in [-0.2, -0.15) is 0 Å². The van der Waals surface area contributed by atoms with Gasteiger partial charge in [-0.3, -0.25) is 4.79 Å². The van der Waals surface area contributed by atoms with Crippen molar-refractivity contribution >= 4 is 5.91 Å². The zero-order chi connectivity index (χ0) is 13.9. The van der Waals surface area contributed by atoms with Crippen LogP contribution in [0.25, 0.3) is 0 Å². The van der Waals surface area contributed by atoms with Gasteiger partial charge in [0.2, 0.25) is 5.91 Å². The molecule has 110 valence electrons. The summed E-state index contributed by atoms with van der Waals surface area (Å²) in [6.07, 6.45) is 7.23. The molecule has 2 aliphatic carbocycles. The van der Waals surface area contributed by atoms with Crippen molar-refractivity contribution in [3.63, 3.8) is 0 Å². The van der Waals surface area contributed by atoms with E-state index in [0.717, 1.165) is 30.1 Å². The first kappa shape index (κ1) is 13.7. The standard InChI is InChI=1S/C16H24N2O2/c1-11(16(19)18-10-15-3-2-6-20-15)17-9-14-8-12-4-5-13(14)7-12/h2-3,6,11-14,17H,4-5,7-10H2,1H3,(H,18,19). The van der Waals surface area contributed by atoms with E-state index in [0.29, 0.717) is 6.54 Å². The van der Waals surface area contributed by atoms with E-state index in [1.165, 1.54) is 25.7 Å². The number of hydrogen-bond donors (Lipinski definition) is 2. The highest BCUT2D eigenvalue weighted by molar-refractivity contribution is 5.81. The predicted molar refractivity (Wildman–Crippen MR) is 77.0 cm³/mol. The predicted octanol–water partition coefficient (Wildman–Crippen LogP) is 2.31. The van der Waals surface area contributed by atoms with Crippen molar-refractivity contribution in [3.8, 4) is 0 Å². The second-order valence-corrected chi connectivity index (χ2v) is 6.36. The molecular weight excluding hydrogens is 252 g/mol. The SMILES string of the molecule is CC(NCC1CC2CCC1C2)C(=O)NCc1ccco1. The summed E-state index contributed by atoms with van der Waals surface area (Å²) in [6.45, 7) is 3.38. The molecule has 3 rings (SSSR count). The summed E-state index contributed by atoms with van der Waals surface area (Å²) in [6, 6.07) is 3.57. The summed E-state index contributed by atoms with van der Waals surface area (Å²) in [4.78, 5) is 12.0. The molecule has 2 saturated carbocycles. The maximum Gasteiger partial charge on any atom is 0.237 e. The average molecular weight is 276 g/mol. The fourth-order valence-electron chi connectivity index (χ4n) is 3.79. The molecule has 1 heterocycles. The van der Waals surface area contributed by atoms with Gasteiger partial charge in [0.25, 0.3) is 0 Å². The van der Waals surface area contributed by atoms with Crippen LogP contribution in [0.2, 0.25) is 0 Å². The third-order valence-corrected chi connectivity index (χ3v) is 4.98. The van der Waals surface area contributed by atoms with Crippen LogP contribution in [0.3, 0.4) is 0 Å². The smallest absolute Gasteiger partial charge is 0.237 e. The third-order valence-electron chi connectivity index (χ3n) is 4.98. The molecular formula is C16H24N2O2. The number of fused-ring (bicyclic) bond motifs is 2. The summed E-state index contributed by atoms with van der Waals surface area (Å²) in [5.74, 6) is 3.50. The maximum atomic E-state index is 12.0. The Morgan fingerprint density at radius 1 is 1.45 bits per heavy atom. The van der Waals surface area contributed by atoms with Gasteiger partial charge in [-0.05, 0) is 62.6 Å². The van der Waals surface area contributed by atoms with E-state index in [9.17, 15) is 4.79 Å². The summed E-state index contributed by atoms with van der Waals surface area (Å²) in [5, 5.41) is 6.30. The Bertz CT molecular complexity index is 443. The largest absolute Gasteiger partial charge is 0.467 e. The number of nitrogens with one attached hydrogen (secondary N) is 2. The molecule has 0 radical (unpaired) electrons. The molecule has 0 spiro atoms. The zero-order valence-electron chi connectivity index (χ0n) is 12.1. The van der Waals surface area contributed by atoms with Crippen molar-refractivity contribution in [3.05, 3.63) is 24.2 Å². The molecule has 4 nitrogen and oxygen atoms in total. The Balaban J connectivity index is 1.38. The number of furan rings is 1. The van der Waals surface area contributed by atoms with Crippen LogP contribution in [-0.2, 0) is 11.3 Å². The molecule has 20 heavy (non-hydrogen) atoms. The van der Waals surface area contributed by atoms with Gasteiger partial charge in [-0.1, -0.05) is 6.42 Å². The lowest BCUT2D eigenvalue weighted by Crippen LogP contribution is -2.44. The van der Waals surface area contributed by atoms with Crippen molar-refractivity contribution in [2.24, 2.45) is 17.8 Å². The van der Waals surface area contributed by atoms with Crippen LogP contribution in [0.5, 0.6) is 0 Å². The quantitative estimate of drug-likeness (QED) is 0.838. The van der Waals surface area contributed by atoms with Crippen LogP contribution in [0.15, 0.2) is 22.8 Å². The van der Waals surface area contributed by atoms with Gasteiger partial charge >= 0.3 is 0 Å². The minimum Gasteiger partial charge on any atom is -0.467 e. The number of rotatable bonds is 6.